The zero-order valence-electron chi connectivity index (χ0n) is 24.7. The second-order valence-corrected chi connectivity index (χ2v) is 14.4. The van der Waals surface area contributed by atoms with E-state index in [1.807, 2.05) is 19.1 Å². The standard InChI is InChI=1S/C29H37N9O4S/c1-28(2,39)24-13-23(36-37(24)4)21-16-31-26(14-22(21)33-19-7-10-29(3,40)11-8-19)34-25-9-12-30-27(35-25)18-15-32-38(17-18)43(41,42)20-5-6-20/h9,12-17,19-20,39-40H,5-8,10-11H2,1-4H3,(H2,30,31,33,34,35). The van der Waals surface area contributed by atoms with Crippen LogP contribution in [0, 0.1) is 0 Å². The molecule has 0 spiro atoms. The monoisotopic (exact) mass is 607 g/mol. The second-order valence-electron chi connectivity index (χ2n) is 12.4. The highest BCUT2D eigenvalue weighted by Gasteiger charge is 2.38. The molecule has 0 radical (unpaired) electrons. The predicted octanol–water partition coefficient (Wildman–Crippen LogP) is 3.55. The smallest absolute Gasteiger partial charge is 0.256 e. The highest BCUT2D eigenvalue weighted by molar-refractivity contribution is 7.90. The molecule has 0 aliphatic heterocycles. The third-order valence-electron chi connectivity index (χ3n) is 8.05. The molecule has 4 aromatic heterocycles. The molecule has 4 aromatic rings. The van der Waals surface area contributed by atoms with E-state index < -0.39 is 21.2 Å². The van der Waals surface area contributed by atoms with Gasteiger partial charge >= 0.3 is 0 Å². The van der Waals surface area contributed by atoms with Crippen LogP contribution in [0.5, 0.6) is 0 Å². The third kappa shape index (κ3) is 6.26. The van der Waals surface area contributed by atoms with Gasteiger partial charge in [0.2, 0.25) is 0 Å². The number of anilines is 3. The number of aryl methyl sites for hydroxylation is 1. The van der Waals surface area contributed by atoms with E-state index in [0.717, 1.165) is 28.2 Å². The Bertz CT molecular complexity index is 1740. The van der Waals surface area contributed by atoms with Gasteiger partial charge in [-0.2, -0.15) is 14.3 Å². The van der Waals surface area contributed by atoms with Crippen LogP contribution in [0.25, 0.3) is 22.6 Å². The first kappa shape index (κ1) is 29.2. The van der Waals surface area contributed by atoms with Crippen molar-refractivity contribution in [3.05, 3.63) is 48.7 Å². The summed E-state index contributed by atoms with van der Waals surface area (Å²) in [6.07, 6.45) is 10.5. The Morgan fingerprint density at radius 2 is 1.81 bits per heavy atom. The van der Waals surface area contributed by atoms with Crippen molar-refractivity contribution in [3.63, 3.8) is 0 Å². The first-order valence-corrected chi connectivity index (χ1v) is 15.9. The molecule has 0 aromatic carbocycles. The SMILES string of the molecule is Cn1nc(-c2cnc(Nc3ccnc(-c4cnn(S(=O)(=O)C5CC5)c4)n3)cc2NC2CCC(C)(O)CC2)cc1C(C)(C)O. The quantitative estimate of drug-likeness (QED) is 0.219. The van der Waals surface area contributed by atoms with Crippen LogP contribution >= 0.6 is 0 Å². The van der Waals surface area contributed by atoms with Crippen LogP contribution in [-0.4, -0.2) is 69.4 Å². The van der Waals surface area contributed by atoms with Crippen LogP contribution < -0.4 is 10.6 Å². The normalized spacial score (nSPS) is 21.1. The number of rotatable bonds is 9. The molecule has 43 heavy (non-hydrogen) atoms. The molecular formula is C29H37N9O4S. The van der Waals surface area contributed by atoms with Crippen LogP contribution in [0.1, 0.15) is 65.0 Å². The van der Waals surface area contributed by atoms with Crippen LogP contribution in [0.4, 0.5) is 17.3 Å². The minimum Gasteiger partial charge on any atom is -0.390 e. The van der Waals surface area contributed by atoms with E-state index in [2.05, 4.69) is 35.8 Å². The van der Waals surface area contributed by atoms with Gasteiger partial charge in [-0.05, 0) is 71.4 Å². The van der Waals surface area contributed by atoms with Crippen molar-refractivity contribution >= 4 is 27.3 Å². The van der Waals surface area contributed by atoms with Gasteiger partial charge in [0.1, 0.15) is 17.2 Å². The number of hydrogen-bond donors (Lipinski definition) is 4. The molecule has 0 amide bonds. The molecule has 2 aliphatic carbocycles. The van der Waals surface area contributed by atoms with Crippen molar-refractivity contribution in [1.29, 1.82) is 0 Å². The summed E-state index contributed by atoms with van der Waals surface area (Å²) in [4.78, 5) is 13.5. The number of aromatic nitrogens is 7. The summed E-state index contributed by atoms with van der Waals surface area (Å²) in [5, 5.41) is 36.3. The average molecular weight is 608 g/mol. The summed E-state index contributed by atoms with van der Waals surface area (Å²) in [6, 6.07) is 5.61. The summed E-state index contributed by atoms with van der Waals surface area (Å²) in [5.74, 6) is 1.34. The Morgan fingerprint density at radius 3 is 2.49 bits per heavy atom. The fourth-order valence-electron chi connectivity index (χ4n) is 5.40. The molecule has 0 saturated heterocycles. The molecule has 14 heteroatoms. The number of aliphatic hydroxyl groups is 2. The van der Waals surface area contributed by atoms with Crippen LogP contribution in [0.15, 0.2) is 43.0 Å². The lowest BCUT2D eigenvalue weighted by atomic mass is 9.83. The highest BCUT2D eigenvalue weighted by Crippen LogP contribution is 2.36. The summed E-state index contributed by atoms with van der Waals surface area (Å²) in [6.45, 7) is 5.32. The lowest BCUT2D eigenvalue weighted by molar-refractivity contribution is 0.0196. The van der Waals surface area contributed by atoms with Gasteiger partial charge < -0.3 is 20.8 Å². The first-order valence-electron chi connectivity index (χ1n) is 14.4. The van der Waals surface area contributed by atoms with Crippen molar-refractivity contribution in [3.8, 4) is 22.6 Å². The Morgan fingerprint density at radius 1 is 1.07 bits per heavy atom. The van der Waals surface area contributed by atoms with Crippen molar-refractivity contribution < 1.29 is 18.6 Å². The topological polar surface area (TPSA) is 173 Å². The van der Waals surface area contributed by atoms with Gasteiger partial charge in [-0.15, -0.1) is 0 Å². The molecule has 0 atom stereocenters. The van der Waals surface area contributed by atoms with E-state index in [0.29, 0.717) is 60.1 Å². The average Bonchev–Trinajstić information content (AvgIpc) is 3.55. The maximum Gasteiger partial charge on any atom is 0.256 e. The molecule has 0 bridgehead atoms. The Balaban J connectivity index is 1.28. The van der Waals surface area contributed by atoms with Crippen LogP contribution in [0.3, 0.4) is 0 Å². The van der Waals surface area contributed by atoms with Gasteiger partial charge in [0.05, 0.1) is 40.2 Å². The van der Waals surface area contributed by atoms with Gasteiger partial charge in [0.25, 0.3) is 10.0 Å². The minimum atomic E-state index is -3.49. The van der Waals surface area contributed by atoms with E-state index in [-0.39, 0.29) is 11.3 Å². The van der Waals surface area contributed by atoms with Crippen LogP contribution in [-0.2, 0) is 22.7 Å². The van der Waals surface area contributed by atoms with Gasteiger partial charge in [-0.25, -0.2) is 23.4 Å². The Hall–Kier alpha value is -3.88. The molecule has 4 N–H and O–H groups in total. The highest BCUT2D eigenvalue weighted by atomic mass is 32.2. The third-order valence-corrected chi connectivity index (χ3v) is 10.1. The number of nitrogens with one attached hydrogen (secondary N) is 2. The van der Waals surface area contributed by atoms with Gasteiger partial charge in [-0.1, -0.05) is 0 Å². The largest absolute Gasteiger partial charge is 0.390 e. The minimum absolute atomic E-state index is 0.154. The zero-order valence-corrected chi connectivity index (χ0v) is 25.5. The fraction of sp³-hybridized carbons (Fsp3) is 0.483. The van der Waals surface area contributed by atoms with Crippen molar-refractivity contribution in [1.82, 2.24) is 33.9 Å². The van der Waals surface area contributed by atoms with Gasteiger partial charge in [0, 0.05) is 42.8 Å². The molecule has 0 unspecified atom stereocenters. The fourth-order valence-corrected chi connectivity index (χ4v) is 6.88. The first-order chi connectivity index (χ1) is 20.3. The molecule has 6 rings (SSSR count). The van der Waals surface area contributed by atoms with Gasteiger partial charge in [-0.3, -0.25) is 4.68 Å². The maximum atomic E-state index is 12.6. The molecule has 2 aliphatic rings. The molecule has 2 saturated carbocycles. The molecule has 228 valence electrons. The molecule has 4 heterocycles. The van der Waals surface area contributed by atoms with E-state index in [1.165, 1.54) is 12.4 Å². The van der Waals surface area contributed by atoms with Crippen molar-refractivity contribution in [2.45, 2.75) is 81.8 Å². The van der Waals surface area contributed by atoms with E-state index in [9.17, 15) is 18.6 Å². The van der Waals surface area contributed by atoms with Crippen LogP contribution in [0.2, 0.25) is 0 Å². The Kier molecular flexibility index (Phi) is 7.26. The molecule has 2 fully saturated rings. The number of hydrogen-bond acceptors (Lipinski definition) is 11. The second kappa shape index (κ2) is 10.7. The molecule has 13 nitrogen and oxygen atoms in total. The molecular weight excluding hydrogens is 570 g/mol. The number of pyridine rings is 1. The van der Waals surface area contributed by atoms with Crippen molar-refractivity contribution in [2.75, 3.05) is 10.6 Å². The number of nitrogens with zero attached hydrogens (tertiary/aromatic N) is 7. The van der Waals surface area contributed by atoms with Gasteiger partial charge in [0.15, 0.2) is 5.82 Å². The lowest BCUT2D eigenvalue weighted by Crippen LogP contribution is -2.35. The van der Waals surface area contributed by atoms with Crippen molar-refractivity contribution in [2.24, 2.45) is 7.05 Å². The zero-order chi connectivity index (χ0) is 30.6. The van der Waals surface area contributed by atoms with E-state index >= 15 is 0 Å². The Labute approximate surface area is 250 Å². The summed E-state index contributed by atoms with van der Waals surface area (Å²) in [7, 11) is -1.69. The van der Waals surface area contributed by atoms with E-state index in [1.54, 1.807) is 44.0 Å². The summed E-state index contributed by atoms with van der Waals surface area (Å²) < 4.78 is 27.8. The van der Waals surface area contributed by atoms with E-state index in [4.69, 9.17) is 0 Å². The summed E-state index contributed by atoms with van der Waals surface area (Å²) in [5.41, 5.74) is 1.70. The maximum absolute atomic E-state index is 12.6. The predicted molar refractivity (Wildman–Crippen MR) is 162 cm³/mol. The lowest BCUT2D eigenvalue weighted by Gasteiger charge is -2.34. The summed E-state index contributed by atoms with van der Waals surface area (Å²) >= 11 is 0.